The summed E-state index contributed by atoms with van der Waals surface area (Å²) in [5.74, 6) is 0.480. The average Bonchev–Trinajstić information content (AvgIpc) is 3.24. The van der Waals surface area contributed by atoms with Crippen molar-refractivity contribution in [2.24, 2.45) is 0 Å². The average molecular weight is 345 g/mol. The van der Waals surface area contributed by atoms with Gasteiger partial charge in [-0.1, -0.05) is 0 Å². The highest BCUT2D eigenvalue weighted by Gasteiger charge is 2.33. The summed E-state index contributed by atoms with van der Waals surface area (Å²) in [6.07, 6.45) is 3.50. The summed E-state index contributed by atoms with van der Waals surface area (Å²) in [6, 6.07) is -0.107. The van der Waals surface area contributed by atoms with Crippen molar-refractivity contribution < 1.29 is 9.59 Å². The zero-order valence-corrected chi connectivity index (χ0v) is 14.5. The summed E-state index contributed by atoms with van der Waals surface area (Å²) in [7, 11) is 0. The number of aromatic nitrogens is 3. The molecule has 1 fully saturated rings. The van der Waals surface area contributed by atoms with Crippen LogP contribution in [-0.2, 0) is 11.3 Å². The summed E-state index contributed by atoms with van der Waals surface area (Å²) in [6.45, 7) is 4.35. The lowest BCUT2D eigenvalue weighted by atomic mass is 10.1. The standard InChI is InChI=1S/C16H19N5O2S/c1-10-17-6-12(7-18-11(2)22)15(20-10)14-4-3-5-21(14)16(23)13-8-24-9-19-13/h6,8-9,14H,3-5,7H2,1-2H3,(H,18,22)/t14-/m1/s1. The fourth-order valence-electron chi connectivity index (χ4n) is 2.92. The first kappa shape index (κ1) is 16.5. The molecule has 0 bridgehead atoms. The van der Waals surface area contributed by atoms with Gasteiger partial charge in [-0.3, -0.25) is 9.59 Å². The van der Waals surface area contributed by atoms with Gasteiger partial charge in [0.25, 0.3) is 5.91 Å². The second-order valence-electron chi connectivity index (χ2n) is 5.77. The van der Waals surface area contributed by atoms with Gasteiger partial charge in [0.1, 0.15) is 11.5 Å². The number of carbonyl (C=O) groups excluding carboxylic acids is 2. The zero-order chi connectivity index (χ0) is 17.1. The SMILES string of the molecule is CC(=O)NCc1cnc(C)nc1[C@H]1CCCN1C(=O)c1cscn1. The van der Waals surface area contributed by atoms with E-state index in [0.717, 1.165) is 24.1 Å². The Kier molecular flexibility index (Phi) is 4.84. The van der Waals surface area contributed by atoms with E-state index in [1.807, 2.05) is 11.8 Å². The molecule has 3 rings (SSSR count). The molecule has 126 valence electrons. The van der Waals surface area contributed by atoms with Gasteiger partial charge in [-0.15, -0.1) is 11.3 Å². The van der Waals surface area contributed by atoms with Crippen molar-refractivity contribution in [3.05, 3.63) is 39.9 Å². The van der Waals surface area contributed by atoms with Crippen LogP contribution in [0.1, 0.15) is 53.4 Å². The van der Waals surface area contributed by atoms with Gasteiger partial charge < -0.3 is 10.2 Å². The van der Waals surface area contributed by atoms with Crippen LogP contribution in [0.4, 0.5) is 0 Å². The highest BCUT2D eigenvalue weighted by Crippen LogP contribution is 2.33. The molecule has 1 N–H and O–H groups in total. The summed E-state index contributed by atoms with van der Waals surface area (Å²) in [5.41, 5.74) is 3.80. The van der Waals surface area contributed by atoms with Gasteiger partial charge in [0, 0.05) is 37.2 Å². The van der Waals surface area contributed by atoms with E-state index < -0.39 is 0 Å². The number of aryl methyl sites for hydroxylation is 1. The molecule has 2 aromatic heterocycles. The molecule has 8 heteroatoms. The third kappa shape index (κ3) is 3.43. The van der Waals surface area contributed by atoms with Crippen LogP contribution >= 0.6 is 11.3 Å². The van der Waals surface area contributed by atoms with E-state index in [1.54, 1.807) is 17.1 Å². The van der Waals surface area contributed by atoms with Crippen molar-refractivity contribution in [1.29, 1.82) is 0 Å². The second-order valence-corrected chi connectivity index (χ2v) is 6.49. The number of hydrogen-bond acceptors (Lipinski definition) is 6. The van der Waals surface area contributed by atoms with E-state index in [9.17, 15) is 9.59 Å². The maximum atomic E-state index is 12.7. The highest BCUT2D eigenvalue weighted by molar-refractivity contribution is 7.07. The lowest BCUT2D eigenvalue weighted by molar-refractivity contribution is -0.119. The molecule has 24 heavy (non-hydrogen) atoms. The Morgan fingerprint density at radius 1 is 1.42 bits per heavy atom. The smallest absolute Gasteiger partial charge is 0.273 e. The molecule has 0 spiro atoms. The van der Waals surface area contributed by atoms with Crippen LogP contribution in [0, 0.1) is 6.92 Å². The number of carbonyl (C=O) groups is 2. The third-order valence-corrected chi connectivity index (χ3v) is 4.61. The predicted octanol–water partition coefficient (Wildman–Crippen LogP) is 1.85. The first-order chi connectivity index (χ1) is 11.6. The van der Waals surface area contributed by atoms with Crippen LogP contribution in [0.15, 0.2) is 17.1 Å². The normalized spacial score (nSPS) is 17.1. The van der Waals surface area contributed by atoms with Crippen LogP contribution in [0.3, 0.4) is 0 Å². The van der Waals surface area contributed by atoms with E-state index in [1.165, 1.54) is 18.3 Å². The Hall–Kier alpha value is -2.35. The first-order valence-corrected chi connectivity index (χ1v) is 8.76. The number of hydrogen-bond donors (Lipinski definition) is 1. The van der Waals surface area contributed by atoms with Gasteiger partial charge in [-0.2, -0.15) is 0 Å². The molecule has 1 saturated heterocycles. The molecule has 0 radical (unpaired) electrons. The number of thiazole rings is 1. The Bertz CT molecular complexity index is 747. The topological polar surface area (TPSA) is 88.1 Å². The van der Waals surface area contributed by atoms with E-state index >= 15 is 0 Å². The first-order valence-electron chi connectivity index (χ1n) is 7.82. The minimum absolute atomic E-state index is 0.0690. The van der Waals surface area contributed by atoms with Gasteiger partial charge in [-0.05, 0) is 19.8 Å². The van der Waals surface area contributed by atoms with Crippen LogP contribution in [0.2, 0.25) is 0 Å². The Balaban J connectivity index is 1.90. The molecule has 2 aromatic rings. The van der Waals surface area contributed by atoms with Gasteiger partial charge in [-0.25, -0.2) is 15.0 Å². The molecule has 0 unspecified atom stereocenters. The van der Waals surface area contributed by atoms with Gasteiger partial charge in [0.15, 0.2) is 0 Å². The van der Waals surface area contributed by atoms with Crippen molar-refractivity contribution in [3.8, 4) is 0 Å². The van der Waals surface area contributed by atoms with Crippen molar-refractivity contribution in [2.45, 2.75) is 39.3 Å². The van der Waals surface area contributed by atoms with Crippen LogP contribution in [-0.4, -0.2) is 38.2 Å². The van der Waals surface area contributed by atoms with Gasteiger partial charge >= 0.3 is 0 Å². The van der Waals surface area contributed by atoms with Crippen molar-refractivity contribution in [2.75, 3.05) is 6.54 Å². The summed E-state index contributed by atoms with van der Waals surface area (Å²) in [4.78, 5) is 38.7. The van der Waals surface area contributed by atoms with Crippen LogP contribution in [0.25, 0.3) is 0 Å². The second kappa shape index (κ2) is 7.04. The van der Waals surface area contributed by atoms with E-state index in [4.69, 9.17) is 0 Å². The maximum Gasteiger partial charge on any atom is 0.273 e. The van der Waals surface area contributed by atoms with Crippen molar-refractivity contribution >= 4 is 23.2 Å². The molecule has 1 aliphatic heterocycles. The molecule has 0 aromatic carbocycles. The number of amides is 2. The molecule has 1 atom stereocenters. The monoisotopic (exact) mass is 345 g/mol. The Labute approximate surface area is 144 Å². The minimum Gasteiger partial charge on any atom is -0.352 e. The van der Waals surface area contributed by atoms with E-state index in [-0.39, 0.29) is 17.9 Å². The number of nitrogens with zero attached hydrogens (tertiary/aromatic N) is 4. The summed E-state index contributed by atoms with van der Waals surface area (Å²) in [5, 5.41) is 4.55. The molecule has 0 aliphatic carbocycles. The van der Waals surface area contributed by atoms with E-state index in [0.29, 0.717) is 24.6 Å². The number of nitrogens with one attached hydrogen (secondary N) is 1. The molecule has 2 amide bonds. The fourth-order valence-corrected chi connectivity index (χ4v) is 3.44. The van der Waals surface area contributed by atoms with Crippen LogP contribution in [0.5, 0.6) is 0 Å². The summed E-state index contributed by atoms with van der Waals surface area (Å²) >= 11 is 1.41. The molecular weight excluding hydrogens is 326 g/mol. The van der Waals surface area contributed by atoms with Gasteiger partial charge in [0.05, 0.1) is 17.2 Å². The summed E-state index contributed by atoms with van der Waals surface area (Å²) < 4.78 is 0. The molecule has 0 saturated carbocycles. The Morgan fingerprint density at radius 3 is 2.96 bits per heavy atom. The van der Waals surface area contributed by atoms with Crippen molar-refractivity contribution in [3.63, 3.8) is 0 Å². The predicted molar refractivity (Wildman–Crippen MR) is 89.4 cm³/mol. The highest BCUT2D eigenvalue weighted by atomic mass is 32.1. The maximum absolute atomic E-state index is 12.7. The molecule has 7 nitrogen and oxygen atoms in total. The van der Waals surface area contributed by atoms with Crippen LogP contribution < -0.4 is 5.32 Å². The fraction of sp³-hybridized carbons (Fsp3) is 0.438. The quantitative estimate of drug-likeness (QED) is 0.914. The number of likely N-dealkylation sites (tertiary alicyclic amines) is 1. The molecule has 3 heterocycles. The van der Waals surface area contributed by atoms with Crippen molar-refractivity contribution in [1.82, 2.24) is 25.2 Å². The Morgan fingerprint density at radius 2 is 2.25 bits per heavy atom. The molecular formula is C16H19N5O2S. The van der Waals surface area contributed by atoms with E-state index in [2.05, 4.69) is 20.3 Å². The minimum atomic E-state index is -0.108. The molecule has 1 aliphatic rings. The largest absolute Gasteiger partial charge is 0.352 e. The lowest BCUT2D eigenvalue weighted by Crippen LogP contribution is -2.32. The van der Waals surface area contributed by atoms with Gasteiger partial charge in [0.2, 0.25) is 5.91 Å². The number of rotatable bonds is 4. The lowest BCUT2D eigenvalue weighted by Gasteiger charge is -2.25. The zero-order valence-electron chi connectivity index (χ0n) is 13.7. The third-order valence-electron chi connectivity index (χ3n) is 4.03.